The molecule has 0 aromatic heterocycles. The highest BCUT2D eigenvalue weighted by Gasteiger charge is 2.37. The van der Waals surface area contributed by atoms with Crippen molar-refractivity contribution in [2.45, 2.75) is 31.9 Å². The van der Waals surface area contributed by atoms with E-state index < -0.39 is 0 Å². The molecule has 0 radical (unpaired) electrons. The van der Waals surface area contributed by atoms with E-state index in [2.05, 4.69) is 66.9 Å². The molecule has 0 spiro atoms. The first-order valence-electron chi connectivity index (χ1n) is 12.8. The summed E-state index contributed by atoms with van der Waals surface area (Å²) < 4.78 is 5.88. The minimum atomic E-state index is 0.300. The Balaban J connectivity index is 1.10. The molecule has 4 aromatic rings. The van der Waals surface area contributed by atoms with Crippen molar-refractivity contribution in [2.24, 2.45) is 10.9 Å². The quantitative estimate of drug-likeness (QED) is 0.210. The highest BCUT2D eigenvalue weighted by molar-refractivity contribution is 6.30. The van der Waals surface area contributed by atoms with Crippen LogP contribution in [0.2, 0.25) is 5.02 Å². The molecule has 0 amide bonds. The Hall–Kier alpha value is -3.82. The number of benzene rings is 4. The summed E-state index contributed by atoms with van der Waals surface area (Å²) in [6, 6.07) is 31.4. The summed E-state index contributed by atoms with van der Waals surface area (Å²) >= 11 is 5.95. The molecule has 0 saturated heterocycles. The topological polar surface area (TPSA) is 33.6 Å². The van der Waals surface area contributed by atoms with Crippen LogP contribution in [-0.4, -0.2) is 6.21 Å². The number of ether oxygens (including phenoxy) is 1. The summed E-state index contributed by atoms with van der Waals surface area (Å²) in [4.78, 5) is 4.70. The first kappa shape index (κ1) is 23.6. The van der Waals surface area contributed by atoms with Crippen molar-refractivity contribution in [3.63, 3.8) is 0 Å². The maximum atomic E-state index is 5.95. The zero-order chi connectivity index (χ0) is 25.2. The fourth-order valence-electron chi connectivity index (χ4n) is 5.36. The maximum absolute atomic E-state index is 5.95. The lowest BCUT2D eigenvalue weighted by Crippen LogP contribution is -2.29. The standard InChI is InChI=1S/C33H29ClN2O/c1-22-5-18-32-31(19-22)29-3-2-4-30(29)33(36-32)25-10-14-27(15-11-25)35-20-23-8-16-28(17-9-23)37-21-24-6-12-26(34)13-7-24/h2-3,5-20,29-30,33,36H,4,21H2,1H3/t29-,30+,33-/m1/s1. The van der Waals surface area contributed by atoms with E-state index in [-0.39, 0.29) is 0 Å². The van der Waals surface area contributed by atoms with Gasteiger partial charge >= 0.3 is 0 Å². The Labute approximate surface area is 223 Å². The van der Waals surface area contributed by atoms with Crippen molar-refractivity contribution in [1.29, 1.82) is 0 Å². The summed E-state index contributed by atoms with van der Waals surface area (Å²) in [6.07, 6.45) is 7.74. The summed E-state index contributed by atoms with van der Waals surface area (Å²) in [5, 5.41) is 4.55. The fraction of sp³-hybridized carbons (Fsp3) is 0.182. The molecule has 0 unspecified atom stereocenters. The van der Waals surface area contributed by atoms with Crippen LogP contribution in [0, 0.1) is 12.8 Å². The van der Waals surface area contributed by atoms with E-state index in [1.165, 1.54) is 22.4 Å². The van der Waals surface area contributed by atoms with Gasteiger partial charge in [0.1, 0.15) is 12.4 Å². The normalized spacial score (nSPS) is 19.9. The molecule has 0 bridgehead atoms. The largest absolute Gasteiger partial charge is 0.489 e. The first-order valence-corrected chi connectivity index (χ1v) is 13.2. The molecule has 37 heavy (non-hydrogen) atoms. The fourth-order valence-corrected chi connectivity index (χ4v) is 5.48. The van der Waals surface area contributed by atoms with E-state index in [1.807, 2.05) is 54.7 Å². The average molecular weight is 505 g/mol. The Kier molecular flexibility index (Phi) is 6.55. The summed E-state index contributed by atoms with van der Waals surface area (Å²) in [5.41, 5.74) is 8.37. The van der Waals surface area contributed by atoms with Crippen molar-refractivity contribution in [2.75, 3.05) is 5.32 Å². The molecule has 4 aromatic carbocycles. The maximum Gasteiger partial charge on any atom is 0.119 e. The molecule has 0 saturated carbocycles. The predicted octanol–water partition coefficient (Wildman–Crippen LogP) is 8.80. The van der Waals surface area contributed by atoms with Gasteiger partial charge in [-0.25, -0.2) is 0 Å². The zero-order valence-electron chi connectivity index (χ0n) is 20.8. The second-order valence-electron chi connectivity index (χ2n) is 9.90. The van der Waals surface area contributed by atoms with Crippen LogP contribution in [0.3, 0.4) is 0 Å². The van der Waals surface area contributed by atoms with E-state index >= 15 is 0 Å². The Morgan fingerprint density at radius 3 is 2.51 bits per heavy atom. The SMILES string of the molecule is Cc1ccc2c(c1)[C@@H]1C=CC[C@@H]1[C@@H](c1ccc(N=Cc3ccc(OCc4ccc(Cl)cc4)cc3)cc1)N2. The van der Waals surface area contributed by atoms with Gasteiger partial charge in [-0.1, -0.05) is 65.7 Å². The van der Waals surface area contributed by atoms with Crippen molar-refractivity contribution < 1.29 is 4.74 Å². The molecule has 1 aliphatic carbocycles. The molecule has 1 aliphatic heterocycles. The average Bonchev–Trinajstić information content (AvgIpc) is 3.43. The van der Waals surface area contributed by atoms with Crippen LogP contribution in [-0.2, 0) is 6.61 Å². The third-order valence-corrected chi connectivity index (χ3v) is 7.58. The molecule has 3 nitrogen and oxygen atoms in total. The number of hydrogen-bond donors (Lipinski definition) is 1. The number of aliphatic imine (C=N–C) groups is 1. The van der Waals surface area contributed by atoms with Gasteiger partial charge in [-0.3, -0.25) is 4.99 Å². The minimum absolute atomic E-state index is 0.300. The lowest BCUT2D eigenvalue weighted by Gasteiger charge is -2.37. The Bertz CT molecular complexity index is 1440. The molecule has 4 heteroatoms. The molecule has 1 heterocycles. The lowest BCUT2D eigenvalue weighted by atomic mass is 9.76. The molecule has 2 aliphatic rings. The number of aryl methyl sites for hydroxylation is 1. The van der Waals surface area contributed by atoms with Crippen LogP contribution in [0.4, 0.5) is 11.4 Å². The minimum Gasteiger partial charge on any atom is -0.489 e. The summed E-state index contributed by atoms with van der Waals surface area (Å²) in [6.45, 7) is 2.68. The molecule has 184 valence electrons. The van der Waals surface area contributed by atoms with Crippen LogP contribution < -0.4 is 10.1 Å². The second kappa shape index (κ2) is 10.3. The zero-order valence-corrected chi connectivity index (χ0v) is 21.5. The number of rotatable bonds is 6. The van der Waals surface area contributed by atoms with Crippen molar-refractivity contribution in [3.8, 4) is 5.75 Å². The van der Waals surface area contributed by atoms with Crippen LogP contribution >= 0.6 is 11.6 Å². The molecular formula is C33H29ClN2O. The molecule has 0 fully saturated rings. The predicted molar refractivity (Wildman–Crippen MR) is 153 cm³/mol. The van der Waals surface area contributed by atoms with Crippen LogP contribution in [0.1, 0.15) is 46.2 Å². The van der Waals surface area contributed by atoms with Gasteiger partial charge in [0.05, 0.1) is 11.7 Å². The lowest BCUT2D eigenvalue weighted by molar-refractivity contribution is 0.306. The van der Waals surface area contributed by atoms with E-state index in [9.17, 15) is 0 Å². The summed E-state index contributed by atoms with van der Waals surface area (Å²) in [7, 11) is 0. The number of hydrogen-bond acceptors (Lipinski definition) is 3. The van der Waals surface area contributed by atoms with Gasteiger partial charge in [-0.2, -0.15) is 0 Å². The van der Waals surface area contributed by atoms with Gasteiger partial charge in [0.15, 0.2) is 0 Å². The van der Waals surface area contributed by atoms with Crippen LogP contribution in [0.25, 0.3) is 0 Å². The molecule has 6 rings (SSSR count). The second-order valence-corrected chi connectivity index (χ2v) is 10.3. The van der Waals surface area contributed by atoms with Crippen molar-refractivity contribution in [1.82, 2.24) is 0 Å². The van der Waals surface area contributed by atoms with Gasteiger partial charge in [-0.15, -0.1) is 0 Å². The smallest absolute Gasteiger partial charge is 0.119 e. The molecule has 1 N–H and O–H groups in total. The van der Waals surface area contributed by atoms with E-state index in [0.29, 0.717) is 24.5 Å². The molecular weight excluding hydrogens is 476 g/mol. The highest BCUT2D eigenvalue weighted by Crippen LogP contribution is 2.50. The Morgan fingerprint density at radius 2 is 1.73 bits per heavy atom. The molecule has 3 atom stereocenters. The first-order chi connectivity index (χ1) is 18.1. The third-order valence-electron chi connectivity index (χ3n) is 7.33. The van der Waals surface area contributed by atoms with E-state index in [1.54, 1.807) is 0 Å². The summed E-state index contributed by atoms with van der Waals surface area (Å²) in [5.74, 6) is 1.86. The monoisotopic (exact) mass is 504 g/mol. The Morgan fingerprint density at radius 1 is 0.946 bits per heavy atom. The number of allylic oxidation sites excluding steroid dienone is 2. The van der Waals surface area contributed by atoms with E-state index in [0.717, 1.165) is 34.0 Å². The van der Waals surface area contributed by atoms with E-state index in [4.69, 9.17) is 21.3 Å². The number of halogens is 1. The van der Waals surface area contributed by atoms with Gasteiger partial charge in [-0.05, 0) is 96.1 Å². The van der Waals surface area contributed by atoms with Gasteiger partial charge < -0.3 is 10.1 Å². The van der Waals surface area contributed by atoms with Crippen LogP contribution in [0.5, 0.6) is 5.75 Å². The van der Waals surface area contributed by atoms with Crippen molar-refractivity contribution in [3.05, 3.63) is 136 Å². The third kappa shape index (κ3) is 5.19. The number of nitrogens with one attached hydrogen (secondary N) is 1. The van der Waals surface area contributed by atoms with Crippen LogP contribution in [0.15, 0.2) is 108 Å². The highest BCUT2D eigenvalue weighted by atomic mass is 35.5. The van der Waals surface area contributed by atoms with Crippen molar-refractivity contribution >= 4 is 29.2 Å². The van der Waals surface area contributed by atoms with Gasteiger partial charge in [0, 0.05) is 22.8 Å². The number of nitrogens with zero attached hydrogens (tertiary/aromatic N) is 1. The number of fused-ring (bicyclic) bond motifs is 3. The number of anilines is 1. The van der Waals surface area contributed by atoms with Gasteiger partial charge in [0.25, 0.3) is 0 Å². The van der Waals surface area contributed by atoms with Gasteiger partial charge in [0.2, 0.25) is 0 Å².